The third-order valence-electron chi connectivity index (χ3n) is 5.60. The fourth-order valence-corrected chi connectivity index (χ4v) is 5.46. The number of halogens is 3. The van der Waals surface area contributed by atoms with E-state index in [4.69, 9.17) is 5.11 Å². The molecule has 2 aromatic carbocycles. The van der Waals surface area contributed by atoms with Gasteiger partial charge >= 0.3 is 6.18 Å². The average Bonchev–Trinajstić information content (AvgIpc) is 3.40. The molecule has 5 rings (SSSR count). The summed E-state index contributed by atoms with van der Waals surface area (Å²) in [6, 6.07) is 14.3. The standard InChI is InChI=1S/C23H20F3N7O2S.CH4O/c24-23(25,26)21-30-20(32-33-21)17-13-28-22(31-19(17)27-12-14-5-2-1-3-6-14)29-16-8-9-18-15(11-16)7-4-10-36(18,34)35;1-2/h1-3,5-6,8-9,11,13H,4,7,10,12H2,(H,30,32,33)(H2,27,28,29,31);2H,1H3. The summed E-state index contributed by atoms with van der Waals surface area (Å²) >= 11 is 0. The molecule has 0 aliphatic carbocycles. The highest BCUT2D eigenvalue weighted by Gasteiger charge is 2.35. The van der Waals surface area contributed by atoms with Crippen molar-refractivity contribution in [3.63, 3.8) is 0 Å². The van der Waals surface area contributed by atoms with Crippen molar-refractivity contribution in [2.45, 2.75) is 30.5 Å². The van der Waals surface area contributed by atoms with E-state index in [0.29, 0.717) is 35.5 Å². The molecule has 10 nitrogen and oxygen atoms in total. The van der Waals surface area contributed by atoms with Gasteiger partial charge in [0.25, 0.3) is 0 Å². The molecule has 0 bridgehead atoms. The smallest absolute Gasteiger partial charge is 0.400 e. The summed E-state index contributed by atoms with van der Waals surface area (Å²) < 4.78 is 63.6. The number of aromatic amines is 1. The summed E-state index contributed by atoms with van der Waals surface area (Å²) in [6.07, 6.45) is -2.16. The Labute approximate surface area is 216 Å². The second kappa shape index (κ2) is 11.1. The van der Waals surface area contributed by atoms with E-state index in [2.05, 4.69) is 30.7 Å². The minimum Gasteiger partial charge on any atom is -0.400 e. The first-order valence-corrected chi connectivity index (χ1v) is 13.1. The third-order valence-corrected chi connectivity index (χ3v) is 7.49. The lowest BCUT2D eigenvalue weighted by molar-refractivity contribution is -0.144. The number of hydrogen-bond acceptors (Lipinski definition) is 9. The number of nitrogens with zero attached hydrogens (tertiary/aromatic N) is 4. The normalized spacial score (nSPS) is 14.1. The van der Waals surface area contributed by atoms with Crippen LogP contribution in [0.1, 0.15) is 23.4 Å². The molecule has 1 aliphatic heterocycles. The van der Waals surface area contributed by atoms with E-state index >= 15 is 0 Å². The molecule has 0 radical (unpaired) electrons. The van der Waals surface area contributed by atoms with Crippen LogP contribution in [0.15, 0.2) is 59.6 Å². The number of fused-ring (bicyclic) bond motifs is 1. The minimum absolute atomic E-state index is 0.130. The van der Waals surface area contributed by atoms with Crippen LogP contribution in [-0.2, 0) is 29.0 Å². The number of aryl methyl sites for hydroxylation is 1. The fourth-order valence-electron chi connectivity index (χ4n) is 3.88. The van der Waals surface area contributed by atoms with Gasteiger partial charge in [-0.2, -0.15) is 23.3 Å². The van der Waals surface area contributed by atoms with E-state index in [0.717, 1.165) is 12.7 Å². The SMILES string of the molecule is CO.O=S1(=O)CCCc2cc(Nc3ncc(-c4n[nH]c(C(F)(F)F)n4)c(NCc4ccccc4)n3)ccc21. The van der Waals surface area contributed by atoms with E-state index in [1.165, 1.54) is 6.20 Å². The molecule has 0 saturated heterocycles. The van der Waals surface area contributed by atoms with Crippen molar-refractivity contribution in [3.8, 4) is 11.4 Å². The number of benzene rings is 2. The van der Waals surface area contributed by atoms with Crippen molar-refractivity contribution in [1.82, 2.24) is 25.1 Å². The van der Waals surface area contributed by atoms with Gasteiger partial charge in [-0.3, -0.25) is 5.10 Å². The highest BCUT2D eigenvalue weighted by molar-refractivity contribution is 7.91. The van der Waals surface area contributed by atoms with Crippen molar-refractivity contribution >= 4 is 27.3 Å². The predicted octanol–water partition coefficient (Wildman–Crippen LogP) is 3.96. The number of hydrogen-bond donors (Lipinski definition) is 4. The van der Waals surface area contributed by atoms with E-state index in [-0.39, 0.29) is 28.9 Å². The van der Waals surface area contributed by atoms with Gasteiger partial charge in [0.15, 0.2) is 15.7 Å². The highest BCUT2D eigenvalue weighted by atomic mass is 32.2. The molecule has 1 aliphatic rings. The Hall–Kier alpha value is -4.04. The first-order chi connectivity index (χ1) is 18.2. The van der Waals surface area contributed by atoms with Crippen LogP contribution >= 0.6 is 0 Å². The largest absolute Gasteiger partial charge is 0.451 e. The first kappa shape index (κ1) is 27.0. The molecule has 0 fully saturated rings. The maximum atomic E-state index is 13.0. The zero-order valence-corrected chi connectivity index (χ0v) is 20.9. The predicted molar refractivity (Wildman–Crippen MR) is 134 cm³/mol. The fraction of sp³-hybridized carbons (Fsp3) is 0.250. The molecule has 2 aromatic heterocycles. The molecular weight excluding hydrogens is 523 g/mol. The van der Waals surface area contributed by atoms with Crippen molar-refractivity contribution in [3.05, 3.63) is 71.7 Å². The maximum absolute atomic E-state index is 13.0. The van der Waals surface area contributed by atoms with Crippen LogP contribution in [0.25, 0.3) is 11.4 Å². The van der Waals surface area contributed by atoms with Crippen molar-refractivity contribution < 1.29 is 26.7 Å². The third kappa shape index (κ3) is 6.08. The molecule has 200 valence electrons. The zero-order chi connectivity index (χ0) is 27.3. The van der Waals surface area contributed by atoms with Crippen LogP contribution in [0.5, 0.6) is 0 Å². The maximum Gasteiger partial charge on any atom is 0.451 e. The monoisotopic (exact) mass is 547 g/mol. The summed E-state index contributed by atoms with van der Waals surface area (Å²) in [5.41, 5.74) is 2.41. The van der Waals surface area contributed by atoms with E-state index in [1.54, 1.807) is 18.2 Å². The second-order valence-electron chi connectivity index (χ2n) is 8.17. The van der Waals surface area contributed by atoms with Crippen LogP contribution < -0.4 is 10.6 Å². The van der Waals surface area contributed by atoms with Crippen LogP contribution in [0.4, 0.5) is 30.6 Å². The zero-order valence-electron chi connectivity index (χ0n) is 20.1. The lowest BCUT2D eigenvalue weighted by Gasteiger charge is -2.17. The Balaban J connectivity index is 0.00000164. The number of H-pyrrole nitrogens is 1. The van der Waals surface area contributed by atoms with E-state index < -0.39 is 21.8 Å². The van der Waals surface area contributed by atoms with E-state index in [9.17, 15) is 21.6 Å². The number of anilines is 3. The number of nitrogens with one attached hydrogen (secondary N) is 3. The summed E-state index contributed by atoms with van der Waals surface area (Å²) in [6.45, 7) is 0.345. The van der Waals surface area contributed by atoms with Gasteiger partial charge in [-0.15, -0.1) is 0 Å². The molecule has 3 heterocycles. The molecule has 0 spiro atoms. The summed E-state index contributed by atoms with van der Waals surface area (Å²) in [5.74, 6) is -0.907. The lowest BCUT2D eigenvalue weighted by atomic mass is 10.1. The lowest BCUT2D eigenvalue weighted by Crippen LogP contribution is -2.16. The van der Waals surface area contributed by atoms with Gasteiger partial charge in [-0.25, -0.2) is 18.4 Å². The molecule has 0 atom stereocenters. The molecule has 4 N–H and O–H groups in total. The minimum atomic E-state index is -4.68. The molecule has 0 unspecified atom stereocenters. The van der Waals surface area contributed by atoms with Gasteiger partial charge in [0.1, 0.15) is 5.82 Å². The summed E-state index contributed by atoms with van der Waals surface area (Å²) in [4.78, 5) is 12.5. The Morgan fingerprint density at radius 2 is 1.84 bits per heavy atom. The topological polar surface area (TPSA) is 146 Å². The van der Waals surface area contributed by atoms with Gasteiger partial charge in [0.05, 0.1) is 16.2 Å². The summed E-state index contributed by atoms with van der Waals surface area (Å²) in [7, 11) is -2.28. The van der Waals surface area contributed by atoms with Crippen LogP contribution in [0, 0.1) is 0 Å². The molecule has 4 aromatic rings. The van der Waals surface area contributed by atoms with Crippen LogP contribution in [-0.4, -0.2) is 51.5 Å². The number of sulfone groups is 1. The number of aliphatic hydroxyl groups is 1. The number of alkyl halides is 3. The highest BCUT2D eigenvalue weighted by Crippen LogP contribution is 2.31. The number of rotatable bonds is 6. The molecule has 38 heavy (non-hydrogen) atoms. The van der Waals surface area contributed by atoms with Crippen LogP contribution in [0.3, 0.4) is 0 Å². The van der Waals surface area contributed by atoms with Gasteiger partial charge in [-0.1, -0.05) is 30.3 Å². The number of aromatic nitrogens is 5. The Morgan fingerprint density at radius 1 is 1.08 bits per heavy atom. The molecule has 0 amide bonds. The number of aliphatic hydroxyl groups excluding tert-OH is 1. The van der Waals surface area contributed by atoms with Gasteiger partial charge in [0, 0.05) is 25.5 Å². The molecule has 0 saturated carbocycles. The first-order valence-electron chi connectivity index (χ1n) is 11.4. The van der Waals surface area contributed by atoms with E-state index in [1.807, 2.05) is 35.4 Å². The molecule has 14 heteroatoms. The quantitative estimate of drug-likeness (QED) is 0.282. The Kier molecular flexibility index (Phi) is 7.92. The van der Waals surface area contributed by atoms with Gasteiger partial charge < -0.3 is 15.7 Å². The summed E-state index contributed by atoms with van der Waals surface area (Å²) in [5, 5.41) is 18.8. The van der Waals surface area contributed by atoms with Crippen LogP contribution in [0.2, 0.25) is 0 Å². The van der Waals surface area contributed by atoms with Crippen molar-refractivity contribution in [2.75, 3.05) is 23.5 Å². The second-order valence-corrected chi connectivity index (χ2v) is 10.2. The van der Waals surface area contributed by atoms with Crippen molar-refractivity contribution in [1.29, 1.82) is 0 Å². The van der Waals surface area contributed by atoms with Gasteiger partial charge in [0.2, 0.25) is 11.8 Å². The Morgan fingerprint density at radius 3 is 2.55 bits per heavy atom. The van der Waals surface area contributed by atoms with Crippen molar-refractivity contribution in [2.24, 2.45) is 0 Å². The van der Waals surface area contributed by atoms with Gasteiger partial charge in [-0.05, 0) is 42.2 Å². The average molecular weight is 548 g/mol. The molecular formula is C24H24F3N7O3S. The Bertz CT molecular complexity index is 1510.